The second-order valence-corrected chi connectivity index (χ2v) is 5.63. The van der Waals surface area contributed by atoms with Crippen molar-refractivity contribution < 1.29 is 4.74 Å². The van der Waals surface area contributed by atoms with E-state index in [1.807, 2.05) is 18.2 Å². The molecule has 1 atom stereocenters. The lowest BCUT2D eigenvalue weighted by Crippen LogP contribution is -2.34. The Kier molecular flexibility index (Phi) is 3.35. The highest BCUT2D eigenvalue weighted by molar-refractivity contribution is 6.30. The van der Waals surface area contributed by atoms with E-state index < -0.39 is 0 Å². The summed E-state index contributed by atoms with van der Waals surface area (Å²) in [6.07, 6.45) is 3.89. The van der Waals surface area contributed by atoms with Crippen LogP contribution in [0.15, 0.2) is 18.2 Å². The Bertz CT molecular complexity index is 434. The molecule has 0 amide bonds. The van der Waals surface area contributed by atoms with Gasteiger partial charge in [0.25, 0.3) is 0 Å². The highest BCUT2D eigenvalue weighted by Crippen LogP contribution is 2.33. The molecule has 2 aliphatic rings. The lowest BCUT2D eigenvalue weighted by Gasteiger charge is -2.21. The Morgan fingerprint density at radius 1 is 1.28 bits per heavy atom. The molecule has 1 saturated carbocycles. The first kappa shape index (κ1) is 12.1. The van der Waals surface area contributed by atoms with Gasteiger partial charge in [-0.25, -0.2) is 0 Å². The summed E-state index contributed by atoms with van der Waals surface area (Å²) < 4.78 is 5.42. The number of halogens is 1. The minimum atomic E-state index is 0.612. The number of anilines is 1. The molecular formula is C14H19ClN2O. The number of hydrogen-bond donors (Lipinski definition) is 1. The Hall–Kier alpha value is -0.930. The first-order valence-electron chi connectivity index (χ1n) is 6.61. The summed E-state index contributed by atoms with van der Waals surface area (Å²) in [5, 5.41) is 4.46. The van der Waals surface area contributed by atoms with Crippen LogP contribution in [-0.2, 0) is 0 Å². The highest BCUT2D eigenvalue weighted by atomic mass is 35.5. The molecule has 3 rings (SSSR count). The molecule has 3 nitrogen and oxygen atoms in total. The third kappa shape index (κ3) is 2.57. The molecule has 18 heavy (non-hydrogen) atoms. The maximum Gasteiger partial charge on any atom is 0.142 e. The molecule has 1 aliphatic carbocycles. The Labute approximate surface area is 113 Å². The number of methoxy groups -OCH3 is 1. The molecule has 0 spiro atoms. The predicted molar refractivity (Wildman–Crippen MR) is 74.8 cm³/mol. The topological polar surface area (TPSA) is 24.5 Å². The molecule has 1 aromatic carbocycles. The van der Waals surface area contributed by atoms with Crippen molar-refractivity contribution in [3.05, 3.63) is 23.2 Å². The molecule has 0 radical (unpaired) electrons. The summed E-state index contributed by atoms with van der Waals surface area (Å²) >= 11 is 6.09. The van der Waals surface area contributed by atoms with Gasteiger partial charge in [-0.2, -0.15) is 0 Å². The van der Waals surface area contributed by atoms with Crippen molar-refractivity contribution in [2.45, 2.75) is 31.3 Å². The van der Waals surface area contributed by atoms with Crippen molar-refractivity contribution in [2.75, 3.05) is 25.1 Å². The van der Waals surface area contributed by atoms with E-state index in [0.717, 1.165) is 35.6 Å². The zero-order valence-electron chi connectivity index (χ0n) is 10.7. The number of rotatable bonds is 4. The predicted octanol–water partition coefficient (Wildman–Crippen LogP) is 2.68. The molecule has 0 aromatic heterocycles. The smallest absolute Gasteiger partial charge is 0.142 e. The highest BCUT2D eigenvalue weighted by Gasteiger charge is 2.30. The number of benzene rings is 1. The molecule has 1 saturated heterocycles. The van der Waals surface area contributed by atoms with Crippen molar-refractivity contribution in [3.63, 3.8) is 0 Å². The number of nitrogens with zero attached hydrogens (tertiary/aromatic N) is 1. The molecule has 98 valence electrons. The van der Waals surface area contributed by atoms with Gasteiger partial charge >= 0.3 is 0 Å². The van der Waals surface area contributed by atoms with Gasteiger partial charge in [0.05, 0.1) is 12.8 Å². The standard InChI is InChI=1S/C14H19ClN2O/c1-18-14-5-2-10(15)8-13(14)17-7-6-12(9-17)16-11-3-4-11/h2,5,8,11-12,16H,3-4,6-7,9H2,1H3. The average molecular weight is 267 g/mol. The van der Waals surface area contributed by atoms with Crippen molar-refractivity contribution in [1.29, 1.82) is 0 Å². The fourth-order valence-electron chi connectivity index (χ4n) is 2.61. The van der Waals surface area contributed by atoms with E-state index in [1.165, 1.54) is 19.3 Å². The summed E-state index contributed by atoms with van der Waals surface area (Å²) in [4.78, 5) is 2.37. The Morgan fingerprint density at radius 3 is 2.83 bits per heavy atom. The lowest BCUT2D eigenvalue weighted by atomic mass is 10.2. The average Bonchev–Trinajstić information content (AvgIpc) is 3.05. The van der Waals surface area contributed by atoms with Crippen LogP contribution in [0.25, 0.3) is 0 Å². The van der Waals surface area contributed by atoms with E-state index >= 15 is 0 Å². The van der Waals surface area contributed by atoms with Crippen LogP contribution in [0.5, 0.6) is 5.75 Å². The Morgan fingerprint density at radius 2 is 2.11 bits per heavy atom. The van der Waals surface area contributed by atoms with Crippen molar-refractivity contribution >= 4 is 17.3 Å². The van der Waals surface area contributed by atoms with Gasteiger partial charge in [0.2, 0.25) is 0 Å². The summed E-state index contributed by atoms with van der Waals surface area (Å²) in [6, 6.07) is 7.21. The third-order valence-electron chi connectivity index (χ3n) is 3.72. The maximum atomic E-state index is 6.09. The third-order valence-corrected chi connectivity index (χ3v) is 3.95. The SMILES string of the molecule is COc1ccc(Cl)cc1N1CCC(NC2CC2)C1. The Balaban J connectivity index is 1.72. The molecule has 0 bridgehead atoms. The summed E-state index contributed by atoms with van der Waals surface area (Å²) in [6.45, 7) is 2.12. The second-order valence-electron chi connectivity index (χ2n) is 5.19. The molecule has 2 fully saturated rings. The van der Waals surface area contributed by atoms with Crippen molar-refractivity contribution in [3.8, 4) is 5.75 Å². The van der Waals surface area contributed by atoms with Crippen LogP contribution in [-0.4, -0.2) is 32.3 Å². The zero-order chi connectivity index (χ0) is 12.5. The second kappa shape index (κ2) is 4.98. The van der Waals surface area contributed by atoms with Gasteiger partial charge in [0.15, 0.2) is 0 Å². The van der Waals surface area contributed by atoms with E-state index in [0.29, 0.717) is 6.04 Å². The van der Waals surface area contributed by atoms with Gasteiger partial charge in [0.1, 0.15) is 5.75 Å². The minimum Gasteiger partial charge on any atom is -0.495 e. The monoisotopic (exact) mass is 266 g/mol. The van der Waals surface area contributed by atoms with Crippen LogP contribution in [0.1, 0.15) is 19.3 Å². The lowest BCUT2D eigenvalue weighted by molar-refractivity contribution is 0.414. The summed E-state index contributed by atoms with van der Waals surface area (Å²) in [5.74, 6) is 0.909. The quantitative estimate of drug-likeness (QED) is 0.907. The molecular weight excluding hydrogens is 248 g/mol. The van der Waals surface area contributed by atoms with Gasteiger partial charge in [-0.1, -0.05) is 11.6 Å². The molecule has 4 heteroatoms. The fourth-order valence-corrected chi connectivity index (χ4v) is 2.78. The van der Waals surface area contributed by atoms with E-state index in [2.05, 4.69) is 10.2 Å². The molecule has 1 heterocycles. The largest absolute Gasteiger partial charge is 0.495 e. The van der Waals surface area contributed by atoms with Gasteiger partial charge < -0.3 is 15.0 Å². The minimum absolute atomic E-state index is 0.612. The first-order chi connectivity index (χ1) is 8.76. The maximum absolute atomic E-state index is 6.09. The fraction of sp³-hybridized carbons (Fsp3) is 0.571. The zero-order valence-corrected chi connectivity index (χ0v) is 11.4. The molecule has 1 N–H and O–H groups in total. The van der Waals surface area contributed by atoms with Gasteiger partial charge in [-0.3, -0.25) is 0 Å². The van der Waals surface area contributed by atoms with Crippen molar-refractivity contribution in [2.24, 2.45) is 0 Å². The normalized spacial score (nSPS) is 23.4. The van der Waals surface area contributed by atoms with Crippen LogP contribution >= 0.6 is 11.6 Å². The summed E-state index contributed by atoms with van der Waals surface area (Å²) in [5.41, 5.74) is 1.12. The van der Waals surface area contributed by atoms with Crippen LogP contribution in [0.3, 0.4) is 0 Å². The van der Waals surface area contributed by atoms with Crippen LogP contribution in [0.4, 0.5) is 5.69 Å². The molecule has 1 aromatic rings. The number of hydrogen-bond acceptors (Lipinski definition) is 3. The van der Waals surface area contributed by atoms with Crippen LogP contribution in [0, 0.1) is 0 Å². The van der Waals surface area contributed by atoms with E-state index in [4.69, 9.17) is 16.3 Å². The van der Waals surface area contributed by atoms with E-state index in [1.54, 1.807) is 7.11 Å². The molecule has 1 aliphatic heterocycles. The van der Waals surface area contributed by atoms with E-state index in [-0.39, 0.29) is 0 Å². The number of nitrogens with one attached hydrogen (secondary N) is 1. The van der Waals surface area contributed by atoms with Crippen LogP contribution < -0.4 is 15.0 Å². The van der Waals surface area contributed by atoms with Crippen molar-refractivity contribution in [1.82, 2.24) is 5.32 Å². The molecule has 1 unspecified atom stereocenters. The number of ether oxygens (including phenoxy) is 1. The van der Waals surface area contributed by atoms with E-state index in [9.17, 15) is 0 Å². The van der Waals surface area contributed by atoms with Crippen LogP contribution in [0.2, 0.25) is 5.02 Å². The van der Waals surface area contributed by atoms with Gasteiger partial charge in [-0.05, 0) is 37.5 Å². The van der Waals surface area contributed by atoms with Gasteiger partial charge in [-0.15, -0.1) is 0 Å². The first-order valence-corrected chi connectivity index (χ1v) is 6.98. The van der Waals surface area contributed by atoms with Gasteiger partial charge in [0, 0.05) is 30.2 Å². The summed E-state index contributed by atoms with van der Waals surface area (Å²) in [7, 11) is 1.71.